The molecule has 256 valence electrons. The molecule has 9 heteroatoms. The highest BCUT2D eigenvalue weighted by Crippen LogP contribution is 2.48. The van der Waals surface area contributed by atoms with Gasteiger partial charge in [0.2, 0.25) is 0 Å². The first-order chi connectivity index (χ1) is 22.9. The molecule has 0 spiro atoms. The van der Waals surface area contributed by atoms with E-state index in [0.29, 0.717) is 49.6 Å². The van der Waals surface area contributed by atoms with Gasteiger partial charge in [-0.05, 0) is 57.3 Å². The summed E-state index contributed by atoms with van der Waals surface area (Å²) in [6.45, 7) is 3.00. The number of piperidine rings is 2. The molecule has 7 rings (SSSR count). The number of carbonyl (C=O) groups excluding carboxylic acids is 2. The molecule has 5 fully saturated rings. The van der Waals surface area contributed by atoms with Crippen LogP contribution in [0.3, 0.4) is 0 Å². The number of morpholine rings is 1. The SMILES string of the molecule is CCCCOC[C@@H](C(=O)O[C@@H]1C[C@@H]2[C@H]3O[C@H]3[C@H](C1)N2C)c1ccccc1.CN1[C@@H]2CC[C@H]1C[C@@H](OC(=O)[C@H](CO)c1ccccc1)C2. The van der Waals surface area contributed by atoms with Crippen LogP contribution in [0.2, 0.25) is 0 Å². The van der Waals surface area contributed by atoms with Gasteiger partial charge < -0.3 is 29.0 Å². The number of epoxide rings is 1. The highest BCUT2D eigenvalue weighted by molar-refractivity contribution is 5.79. The fourth-order valence-corrected chi connectivity index (χ4v) is 8.18. The first kappa shape index (κ1) is 34.1. The summed E-state index contributed by atoms with van der Waals surface area (Å²) in [5.41, 5.74) is 1.79. The van der Waals surface area contributed by atoms with E-state index in [0.717, 1.165) is 49.7 Å². The van der Waals surface area contributed by atoms with Crippen LogP contribution in [0.4, 0.5) is 0 Å². The molecule has 2 aromatic rings. The van der Waals surface area contributed by atoms with Gasteiger partial charge in [0, 0.05) is 43.6 Å². The van der Waals surface area contributed by atoms with Crippen LogP contribution in [0, 0.1) is 0 Å². The van der Waals surface area contributed by atoms with Crippen LogP contribution < -0.4 is 0 Å². The largest absolute Gasteiger partial charge is 0.462 e. The van der Waals surface area contributed by atoms with Gasteiger partial charge in [-0.2, -0.15) is 0 Å². The Kier molecular flexibility index (Phi) is 11.3. The number of nitrogens with zero attached hydrogens (tertiary/aromatic N) is 2. The number of hydrogen-bond acceptors (Lipinski definition) is 9. The average Bonchev–Trinajstić information content (AvgIpc) is 3.82. The molecule has 0 saturated carbocycles. The van der Waals surface area contributed by atoms with Crippen LogP contribution in [0.25, 0.3) is 0 Å². The molecule has 4 bridgehead atoms. The second-order valence-electron chi connectivity index (χ2n) is 14.0. The molecular weight excluding hydrogens is 596 g/mol. The quantitative estimate of drug-likeness (QED) is 0.200. The lowest BCUT2D eigenvalue weighted by Crippen LogP contribution is -2.48. The predicted octanol–water partition coefficient (Wildman–Crippen LogP) is 4.67. The Morgan fingerprint density at radius 3 is 1.83 bits per heavy atom. The Morgan fingerprint density at radius 2 is 1.30 bits per heavy atom. The molecule has 0 radical (unpaired) electrons. The standard InChI is InChI=1S/C21H29NO4.C17H23NO3/c1-3-4-10-24-13-16(14-8-6-5-7-9-14)21(23)25-15-11-17-19-20(26-19)18(12-15)22(17)2;1-18-13-7-8-14(18)10-15(9-13)21-17(20)16(11-19)12-5-3-2-4-6-12/h5-9,15-20H,3-4,10-13H2,1-2H3;2-6,13-16,19H,7-11H2,1H3/t15-,16-,17-,18+,19-,20+;13-,14+,15+,16-/m11/s1. The minimum absolute atomic E-state index is 0.00367. The van der Waals surface area contributed by atoms with E-state index in [1.54, 1.807) is 0 Å². The predicted molar refractivity (Wildman–Crippen MR) is 178 cm³/mol. The second kappa shape index (κ2) is 15.6. The molecule has 47 heavy (non-hydrogen) atoms. The summed E-state index contributed by atoms with van der Waals surface area (Å²) in [6.07, 6.45) is 8.81. The number of esters is 2. The van der Waals surface area contributed by atoms with Crippen LogP contribution in [0.15, 0.2) is 60.7 Å². The molecule has 9 nitrogen and oxygen atoms in total. The maximum absolute atomic E-state index is 12.9. The Bertz CT molecular complexity index is 1280. The van der Waals surface area contributed by atoms with Gasteiger partial charge in [-0.3, -0.25) is 14.5 Å². The van der Waals surface area contributed by atoms with Gasteiger partial charge >= 0.3 is 11.9 Å². The second-order valence-corrected chi connectivity index (χ2v) is 14.0. The number of ether oxygens (including phenoxy) is 4. The molecule has 5 saturated heterocycles. The van der Waals surface area contributed by atoms with Crippen LogP contribution in [0.1, 0.15) is 81.3 Å². The first-order valence-electron chi connectivity index (χ1n) is 17.7. The average molecular weight is 649 g/mol. The summed E-state index contributed by atoms with van der Waals surface area (Å²) in [7, 11) is 4.33. The number of fused-ring (bicyclic) bond motifs is 7. The number of unbranched alkanes of at least 4 members (excludes halogenated alkanes) is 1. The number of carbonyl (C=O) groups is 2. The molecule has 10 atom stereocenters. The summed E-state index contributed by atoms with van der Waals surface area (Å²) in [4.78, 5) is 30.1. The highest BCUT2D eigenvalue weighted by Gasteiger charge is 2.63. The van der Waals surface area contributed by atoms with Crippen molar-refractivity contribution in [3.05, 3.63) is 71.8 Å². The van der Waals surface area contributed by atoms with E-state index in [2.05, 4.69) is 30.8 Å². The Morgan fingerprint density at radius 1 is 0.787 bits per heavy atom. The Hall–Kier alpha value is -2.82. The van der Waals surface area contributed by atoms with E-state index < -0.39 is 5.92 Å². The molecule has 5 aliphatic heterocycles. The van der Waals surface area contributed by atoms with E-state index in [-0.39, 0.29) is 36.7 Å². The third kappa shape index (κ3) is 7.92. The van der Waals surface area contributed by atoms with Crippen molar-refractivity contribution in [2.45, 2.75) is 119 Å². The normalized spacial score (nSPS) is 32.0. The van der Waals surface area contributed by atoms with E-state index >= 15 is 0 Å². The van der Waals surface area contributed by atoms with Crippen molar-refractivity contribution < 1.29 is 33.6 Å². The van der Waals surface area contributed by atoms with Crippen LogP contribution in [-0.4, -0.2) is 109 Å². The molecule has 2 aromatic carbocycles. The van der Waals surface area contributed by atoms with Gasteiger partial charge in [-0.25, -0.2) is 0 Å². The van der Waals surface area contributed by atoms with Crippen molar-refractivity contribution in [2.75, 3.05) is 33.9 Å². The first-order valence-corrected chi connectivity index (χ1v) is 17.7. The third-order valence-electron chi connectivity index (χ3n) is 11.1. The summed E-state index contributed by atoms with van der Waals surface area (Å²) in [5, 5.41) is 9.53. The summed E-state index contributed by atoms with van der Waals surface area (Å²) >= 11 is 0. The van der Waals surface area contributed by atoms with Crippen molar-refractivity contribution in [1.29, 1.82) is 0 Å². The number of benzene rings is 2. The van der Waals surface area contributed by atoms with Gasteiger partial charge in [-0.15, -0.1) is 0 Å². The van der Waals surface area contributed by atoms with Gasteiger partial charge in [0.1, 0.15) is 36.3 Å². The number of aliphatic hydroxyl groups excluding tert-OH is 1. The van der Waals surface area contributed by atoms with Crippen molar-refractivity contribution >= 4 is 11.9 Å². The lowest BCUT2D eigenvalue weighted by Gasteiger charge is -2.38. The van der Waals surface area contributed by atoms with Crippen LogP contribution >= 0.6 is 0 Å². The Labute approximate surface area is 279 Å². The zero-order valence-electron chi connectivity index (χ0n) is 28.1. The van der Waals surface area contributed by atoms with E-state index in [1.165, 1.54) is 12.8 Å². The van der Waals surface area contributed by atoms with E-state index in [4.69, 9.17) is 18.9 Å². The monoisotopic (exact) mass is 648 g/mol. The van der Waals surface area contributed by atoms with Crippen LogP contribution in [0.5, 0.6) is 0 Å². The summed E-state index contributed by atoms with van der Waals surface area (Å²) < 4.78 is 23.2. The smallest absolute Gasteiger partial charge is 0.316 e. The van der Waals surface area contributed by atoms with Gasteiger partial charge in [0.25, 0.3) is 0 Å². The fraction of sp³-hybridized carbons (Fsp3) is 0.632. The summed E-state index contributed by atoms with van der Waals surface area (Å²) in [5.74, 6) is -1.37. The maximum atomic E-state index is 12.9. The van der Waals surface area contributed by atoms with Gasteiger partial charge in [-0.1, -0.05) is 74.0 Å². The number of aliphatic hydroxyl groups is 1. The van der Waals surface area contributed by atoms with Crippen LogP contribution in [-0.2, 0) is 28.5 Å². The summed E-state index contributed by atoms with van der Waals surface area (Å²) in [6, 6.07) is 21.1. The zero-order chi connectivity index (χ0) is 32.9. The fourth-order valence-electron chi connectivity index (χ4n) is 8.18. The number of rotatable bonds is 12. The molecule has 0 aromatic heterocycles. The van der Waals surface area contributed by atoms with Gasteiger partial charge in [0.05, 0.1) is 13.2 Å². The van der Waals surface area contributed by atoms with Crippen molar-refractivity contribution in [3.63, 3.8) is 0 Å². The molecule has 0 aliphatic carbocycles. The minimum atomic E-state index is -0.566. The lowest BCUT2D eigenvalue weighted by molar-refractivity contribution is -0.157. The molecule has 5 aliphatic rings. The van der Waals surface area contributed by atoms with E-state index in [9.17, 15) is 14.7 Å². The third-order valence-corrected chi connectivity index (χ3v) is 11.1. The molecule has 0 unspecified atom stereocenters. The van der Waals surface area contributed by atoms with Crippen molar-refractivity contribution in [3.8, 4) is 0 Å². The zero-order valence-corrected chi connectivity index (χ0v) is 28.1. The maximum Gasteiger partial charge on any atom is 0.316 e. The highest BCUT2D eigenvalue weighted by atomic mass is 16.6. The number of likely N-dealkylation sites (N-methyl/N-ethyl adjacent to an activating group) is 1. The van der Waals surface area contributed by atoms with E-state index in [1.807, 2.05) is 60.7 Å². The topological polar surface area (TPSA) is 101 Å². The molecule has 0 amide bonds. The molecule has 1 N–H and O–H groups in total. The van der Waals surface area contributed by atoms with Gasteiger partial charge in [0.15, 0.2) is 0 Å². The molecular formula is C38H52N2O7. The lowest BCUT2D eigenvalue weighted by atomic mass is 9.97. The number of hydrogen-bond donors (Lipinski definition) is 1. The molecule has 5 heterocycles. The van der Waals surface area contributed by atoms with Crippen molar-refractivity contribution in [2.24, 2.45) is 0 Å². The van der Waals surface area contributed by atoms with Crippen molar-refractivity contribution in [1.82, 2.24) is 9.80 Å². The Balaban J connectivity index is 0.000000168. The minimum Gasteiger partial charge on any atom is -0.462 e.